The third-order valence-corrected chi connectivity index (χ3v) is 172. The number of hydrogen-bond donors (Lipinski definition) is 9. The van der Waals surface area contributed by atoms with Crippen molar-refractivity contribution in [3.8, 4) is 0 Å². The summed E-state index contributed by atoms with van der Waals surface area (Å²) in [5.41, 5.74) is 0. The zero-order chi connectivity index (χ0) is 36.2. The van der Waals surface area contributed by atoms with E-state index in [4.69, 9.17) is 29.1 Å². The summed E-state index contributed by atoms with van der Waals surface area (Å²) in [5, 5.41) is 0. The Morgan fingerprint density at radius 3 is 1.27 bits per heavy atom. The van der Waals surface area contributed by atoms with Crippen molar-refractivity contribution in [2.24, 2.45) is 0 Å². The van der Waals surface area contributed by atoms with Crippen LogP contribution in [-0.2, 0) is 29.1 Å². The third-order valence-electron chi connectivity index (χ3n) is 6.85. The molecule has 16 nitrogen and oxygen atoms in total. The second-order valence-electron chi connectivity index (χ2n) is 14.2. The molecule has 0 rings (SSSR count). The van der Waals surface area contributed by atoms with E-state index in [1.807, 2.05) is 19.6 Å². The van der Waals surface area contributed by atoms with Gasteiger partial charge in [0.15, 0.2) is 36.2 Å². The Balaban J connectivity index is 9.19. The molecular weight excluding hydrogens is 878 g/mol. The highest BCUT2D eigenvalue weighted by molar-refractivity contribution is 8.08. The van der Waals surface area contributed by atoms with Crippen molar-refractivity contribution in [1.29, 1.82) is 0 Å². The molecule has 0 aromatic carbocycles. The first kappa shape index (κ1) is 48.0. The molecule has 0 aliphatic heterocycles. The maximum Gasteiger partial charge on any atom is 0.338 e. The molecule has 0 aliphatic carbocycles. The molecule has 33 heteroatoms. The summed E-state index contributed by atoms with van der Waals surface area (Å²) >= 11 is 0. The lowest BCUT2D eigenvalue weighted by Gasteiger charge is -2.63. The molecular formula is C12H60O16Si17. The van der Waals surface area contributed by atoms with E-state index in [0.29, 0.717) is 0 Å². The minimum Gasteiger partial charge on any atom is -0.439 e. The lowest BCUT2D eigenvalue weighted by atomic mass is 11.8. The van der Waals surface area contributed by atoms with Crippen molar-refractivity contribution >= 4 is 144 Å². The molecule has 3 unspecified atom stereocenters. The van der Waals surface area contributed by atoms with E-state index in [-0.39, 0.29) is 9.76 Å². The van der Waals surface area contributed by atoms with E-state index in [0.717, 1.165) is 0 Å². The maximum atomic E-state index is 12.6. The van der Waals surface area contributed by atoms with Crippen molar-refractivity contribution in [2.45, 2.75) is 72.0 Å². The summed E-state index contributed by atoms with van der Waals surface area (Å²) in [6, 6.07) is 0. The molecule has 0 aromatic heterocycles. The van der Waals surface area contributed by atoms with Gasteiger partial charge in [-0.2, -0.15) is 0 Å². The summed E-state index contributed by atoms with van der Waals surface area (Å²) in [5.74, 6) is 0. The molecule has 0 heterocycles. The van der Waals surface area contributed by atoms with Crippen molar-refractivity contribution in [3.63, 3.8) is 0 Å². The van der Waals surface area contributed by atoms with Gasteiger partial charge in [-0.05, 0) is 72.0 Å². The van der Waals surface area contributed by atoms with Crippen LogP contribution in [0.15, 0.2) is 0 Å². The minimum atomic E-state index is -4.89. The second kappa shape index (κ2) is 17.2. The van der Waals surface area contributed by atoms with Crippen molar-refractivity contribution in [2.75, 3.05) is 7.11 Å². The van der Waals surface area contributed by atoms with Crippen LogP contribution in [0, 0.1) is 0 Å². The molecule has 0 saturated heterocycles. The molecule has 272 valence electrons. The summed E-state index contributed by atoms with van der Waals surface area (Å²) in [4.78, 5) is 102. The van der Waals surface area contributed by atoms with Crippen LogP contribution in [0.5, 0.6) is 0 Å². The molecule has 3 atom stereocenters. The van der Waals surface area contributed by atoms with Gasteiger partial charge >= 0.3 is 40.9 Å². The molecule has 0 bridgehead atoms. The lowest BCUT2D eigenvalue weighted by molar-refractivity contribution is 0.292. The first-order chi connectivity index (χ1) is 20.0. The molecule has 0 spiro atoms. The van der Waals surface area contributed by atoms with Crippen LogP contribution in [0.4, 0.5) is 0 Å². The summed E-state index contributed by atoms with van der Waals surface area (Å²) < 4.78 is 47.0. The van der Waals surface area contributed by atoms with Gasteiger partial charge in [-0.15, -0.1) is 0 Å². The van der Waals surface area contributed by atoms with Crippen LogP contribution in [0.1, 0.15) is 0 Å². The van der Waals surface area contributed by atoms with E-state index >= 15 is 0 Å². The number of rotatable bonds is 22. The fourth-order valence-corrected chi connectivity index (χ4v) is 292. The molecule has 45 heavy (non-hydrogen) atoms. The lowest BCUT2D eigenvalue weighted by Crippen LogP contribution is -3.03. The van der Waals surface area contributed by atoms with Crippen LogP contribution in [-0.4, -0.2) is 194 Å². The van der Waals surface area contributed by atoms with Gasteiger partial charge in [-0.25, -0.2) is 0 Å². The zero-order valence-electron chi connectivity index (χ0n) is 29.1. The largest absolute Gasteiger partial charge is 0.439 e. The smallest absolute Gasteiger partial charge is 0.338 e. The topological polar surface area (TPSA) is 247 Å². The standard InChI is InChI=1S/C12H60O16Si17/c1-22-43(29,33-16)45(23-30-13,39(9,10)21)42(27-40(11,12)24-36(2,3)4,44(34-17,35-18)26-38(7,8)20)28-41(31-14,32-15)25-37(5,6)19/h13-21H,30-35H2,1-12,29H3. The van der Waals surface area contributed by atoms with E-state index in [9.17, 15) is 43.2 Å². The van der Waals surface area contributed by atoms with Crippen LogP contribution < -0.4 is 0 Å². The van der Waals surface area contributed by atoms with Gasteiger partial charge in [-0.3, -0.25) is 0 Å². The first-order valence-electron chi connectivity index (χ1n) is 14.5. The van der Waals surface area contributed by atoms with Gasteiger partial charge in [0.25, 0.3) is 23.7 Å². The Labute approximate surface area is 293 Å². The summed E-state index contributed by atoms with van der Waals surface area (Å²) in [7, 11) is -39.0. The zero-order valence-corrected chi connectivity index (χ0v) is 49.6. The van der Waals surface area contributed by atoms with Crippen molar-refractivity contribution < 1.29 is 72.3 Å². The Hall–Kier alpha value is 3.05. The second-order valence-corrected chi connectivity index (χ2v) is 119. The highest BCUT2D eigenvalue weighted by Gasteiger charge is 2.87. The monoisotopic (exact) mass is 936 g/mol. The molecule has 0 radical (unpaired) electrons. The fourth-order valence-electron chi connectivity index (χ4n) is 5.80. The molecule has 0 fully saturated rings. The number of hydrogen-bond acceptors (Lipinski definition) is 16. The molecule has 0 saturated carbocycles. The van der Waals surface area contributed by atoms with Crippen LogP contribution in [0.25, 0.3) is 0 Å². The summed E-state index contributed by atoms with van der Waals surface area (Å²) in [6.07, 6.45) is 0. The summed E-state index contributed by atoms with van der Waals surface area (Å²) in [6.45, 7) is 6.11. The molecule has 0 aromatic rings. The van der Waals surface area contributed by atoms with E-state index in [2.05, 4.69) is 0 Å². The maximum absolute atomic E-state index is 12.6. The van der Waals surface area contributed by atoms with Gasteiger partial charge in [0, 0.05) is 16.9 Å². The third kappa shape index (κ3) is 11.5. The van der Waals surface area contributed by atoms with Gasteiger partial charge in [-0.1, -0.05) is 0 Å². The molecule has 0 amide bonds. The van der Waals surface area contributed by atoms with Crippen molar-refractivity contribution in [3.05, 3.63) is 0 Å². The molecule has 0 aliphatic rings. The van der Waals surface area contributed by atoms with Crippen LogP contribution >= 0.6 is 0 Å². The van der Waals surface area contributed by atoms with E-state index < -0.39 is 134 Å². The molecule has 9 N–H and O–H groups in total. The van der Waals surface area contributed by atoms with Crippen molar-refractivity contribution in [1.82, 2.24) is 0 Å². The SMILES string of the molecule is CO[Si]([SiH3])([SiH2]O)[Si](O[SiH2]O)([Si](C)(C)O)[Si](O[Si](C)(C)O[Si](C)(C)C)(O[Si](O[Si](C)(C)O)([SiH2]O)[SiH2]O)[Si](O[Si](C)(C)O)([SiH2]O)[SiH2]O. The van der Waals surface area contributed by atoms with Crippen LogP contribution in [0.2, 0.25) is 72.0 Å². The minimum absolute atomic E-state index is 0.178. The van der Waals surface area contributed by atoms with Gasteiger partial charge in [0.1, 0.15) is 0 Å². The predicted octanol–water partition coefficient (Wildman–Crippen LogP) is -9.39. The van der Waals surface area contributed by atoms with E-state index in [1.165, 1.54) is 33.3 Å². The van der Waals surface area contributed by atoms with E-state index in [1.54, 1.807) is 26.2 Å². The Morgan fingerprint density at radius 2 is 1.00 bits per heavy atom. The average molecular weight is 938 g/mol. The fraction of sp³-hybridized carbons (Fsp3) is 1.00. The highest BCUT2D eigenvalue weighted by Crippen LogP contribution is 2.44. The van der Waals surface area contributed by atoms with Gasteiger partial charge in [0.2, 0.25) is 33.3 Å². The van der Waals surface area contributed by atoms with Crippen LogP contribution in [0.3, 0.4) is 0 Å². The van der Waals surface area contributed by atoms with Gasteiger partial charge in [0.05, 0.1) is 0 Å². The Morgan fingerprint density at radius 1 is 0.556 bits per heavy atom. The first-order valence-corrected chi connectivity index (χ1v) is 62.2. The predicted molar refractivity (Wildman–Crippen MR) is 217 cm³/mol. The normalized spacial score (nSPS) is 22.6. The highest BCUT2D eigenvalue weighted by atomic mass is 30.3. The Bertz CT molecular complexity index is 914. The Kier molecular flexibility index (Phi) is 18.4. The average Bonchev–Trinajstić information content (AvgIpc) is 2.85. The van der Waals surface area contributed by atoms with Gasteiger partial charge < -0.3 is 72.3 Å². The quantitative estimate of drug-likeness (QED) is 0.0458.